The van der Waals surface area contributed by atoms with Gasteiger partial charge in [-0.25, -0.2) is 18.1 Å². The van der Waals surface area contributed by atoms with E-state index in [0.29, 0.717) is 5.69 Å². The van der Waals surface area contributed by atoms with Gasteiger partial charge in [0, 0.05) is 11.7 Å². The number of alkyl halides is 3. The molecule has 0 aliphatic rings. The Hall–Kier alpha value is -2.10. The molecule has 0 fully saturated rings. The molecule has 0 saturated heterocycles. The van der Waals surface area contributed by atoms with Gasteiger partial charge in [0.25, 0.3) is 9.84 Å². The van der Waals surface area contributed by atoms with E-state index in [1.54, 1.807) is 11.0 Å². The molecule has 1 heterocycles. The molecule has 1 aromatic carbocycles. The van der Waals surface area contributed by atoms with Crippen LogP contribution in [0.5, 0.6) is 0 Å². The molecule has 0 saturated carbocycles. The van der Waals surface area contributed by atoms with Gasteiger partial charge in [-0.05, 0) is 38.1 Å². The third-order valence-corrected chi connectivity index (χ3v) is 4.94. The van der Waals surface area contributed by atoms with Crippen molar-refractivity contribution in [1.82, 2.24) is 14.8 Å². The monoisotopic (exact) mass is 348 g/mol. The topological polar surface area (TPSA) is 76.9 Å². The molecule has 23 heavy (non-hydrogen) atoms. The first-order chi connectivity index (χ1) is 10.6. The van der Waals surface area contributed by atoms with Crippen molar-refractivity contribution in [2.24, 2.45) is 0 Å². The third kappa shape index (κ3) is 3.63. The number of sulfone groups is 1. The van der Waals surface area contributed by atoms with Gasteiger partial charge in [0.1, 0.15) is 12.7 Å². The van der Waals surface area contributed by atoms with E-state index in [-0.39, 0.29) is 12.1 Å². The van der Waals surface area contributed by atoms with Crippen LogP contribution < -0.4 is 5.32 Å². The van der Waals surface area contributed by atoms with Gasteiger partial charge in [0.15, 0.2) is 0 Å². The van der Waals surface area contributed by atoms with Crippen LogP contribution in [0.25, 0.3) is 0 Å². The maximum Gasteiger partial charge on any atom is 0.501 e. The van der Waals surface area contributed by atoms with Gasteiger partial charge in [-0.15, -0.1) is 0 Å². The minimum Gasteiger partial charge on any atom is -0.380 e. The van der Waals surface area contributed by atoms with Crippen LogP contribution in [0.2, 0.25) is 0 Å². The van der Waals surface area contributed by atoms with Crippen molar-refractivity contribution in [1.29, 1.82) is 0 Å². The molecule has 0 unspecified atom stereocenters. The number of nitrogens with zero attached hydrogens (tertiary/aromatic N) is 3. The number of hydrogen-bond donors (Lipinski definition) is 1. The van der Waals surface area contributed by atoms with Gasteiger partial charge in [0.05, 0.1) is 10.9 Å². The molecule has 0 spiro atoms. The second-order valence-electron chi connectivity index (χ2n) is 5.02. The van der Waals surface area contributed by atoms with Crippen LogP contribution in [-0.2, 0) is 9.84 Å². The molecular weight excluding hydrogens is 333 g/mol. The zero-order valence-corrected chi connectivity index (χ0v) is 13.1. The normalized spacial score (nSPS) is 15.2. The first-order valence-corrected chi connectivity index (χ1v) is 8.13. The quantitative estimate of drug-likeness (QED) is 0.899. The summed E-state index contributed by atoms with van der Waals surface area (Å²) in [5.74, 6) is 0. The summed E-state index contributed by atoms with van der Waals surface area (Å²) in [7, 11) is -5.32. The Morgan fingerprint density at radius 3 is 2.26 bits per heavy atom. The lowest BCUT2D eigenvalue weighted by molar-refractivity contribution is -0.0436. The van der Waals surface area contributed by atoms with E-state index < -0.39 is 20.2 Å². The summed E-state index contributed by atoms with van der Waals surface area (Å²) < 4.78 is 61.6. The average molecular weight is 348 g/mol. The lowest BCUT2D eigenvalue weighted by Gasteiger charge is -2.22. The van der Waals surface area contributed by atoms with Crippen LogP contribution >= 0.6 is 0 Å². The second kappa shape index (κ2) is 6.19. The average Bonchev–Trinajstić information content (AvgIpc) is 3.00. The van der Waals surface area contributed by atoms with Crippen molar-refractivity contribution < 1.29 is 21.6 Å². The summed E-state index contributed by atoms with van der Waals surface area (Å²) in [5.41, 5.74) is -4.80. The number of halogens is 3. The van der Waals surface area contributed by atoms with Crippen LogP contribution in [-0.4, -0.2) is 34.7 Å². The zero-order chi connectivity index (χ0) is 17.3. The zero-order valence-electron chi connectivity index (χ0n) is 12.3. The Kier molecular flexibility index (Phi) is 4.64. The van der Waals surface area contributed by atoms with Crippen LogP contribution in [0.4, 0.5) is 18.9 Å². The Morgan fingerprint density at radius 2 is 1.78 bits per heavy atom. The smallest absolute Gasteiger partial charge is 0.380 e. The predicted octanol–water partition coefficient (Wildman–Crippen LogP) is 2.63. The Balaban J connectivity index is 2.12. The molecule has 1 aromatic heterocycles. The first-order valence-electron chi connectivity index (χ1n) is 6.65. The van der Waals surface area contributed by atoms with E-state index in [2.05, 4.69) is 15.4 Å². The highest BCUT2D eigenvalue weighted by Gasteiger charge is 2.46. The predicted molar refractivity (Wildman–Crippen MR) is 77.5 cm³/mol. The van der Waals surface area contributed by atoms with Gasteiger partial charge in [0.2, 0.25) is 0 Å². The molecule has 0 bridgehead atoms. The van der Waals surface area contributed by atoms with Crippen LogP contribution in [0.3, 0.4) is 0 Å². The fourth-order valence-corrected chi connectivity index (χ4v) is 2.67. The van der Waals surface area contributed by atoms with Gasteiger partial charge in [-0.3, -0.25) is 0 Å². The SMILES string of the molecule is C[C@H](Nc1ccc(S(=O)(=O)C(F)(F)F)cc1)[C@H](C)n1cncn1. The number of nitrogens with one attached hydrogen (secondary N) is 1. The fourth-order valence-electron chi connectivity index (χ4n) is 1.90. The molecule has 126 valence electrons. The number of rotatable bonds is 5. The lowest BCUT2D eigenvalue weighted by atomic mass is 10.1. The van der Waals surface area contributed by atoms with Gasteiger partial charge >= 0.3 is 5.51 Å². The van der Waals surface area contributed by atoms with Crippen LogP contribution in [0, 0.1) is 0 Å². The van der Waals surface area contributed by atoms with E-state index in [4.69, 9.17) is 0 Å². The number of aromatic nitrogens is 3. The number of anilines is 1. The van der Waals surface area contributed by atoms with Gasteiger partial charge < -0.3 is 5.32 Å². The summed E-state index contributed by atoms with van der Waals surface area (Å²) in [4.78, 5) is 3.06. The Labute approximate surface area is 131 Å². The van der Waals surface area contributed by atoms with Crippen molar-refractivity contribution in [2.45, 2.75) is 36.3 Å². The molecule has 0 aliphatic carbocycles. The minimum atomic E-state index is -5.32. The van der Waals surface area contributed by atoms with Crippen LogP contribution in [0.15, 0.2) is 41.8 Å². The van der Waals surface area contributed by atoms with E-state index in [0.717, 1.165) is 12.1 Å². The summed E-state index contributed by atoms with van der Waals surface area (Å²) in [5, 5.41) is 7.10. The van der Waals surface area contributed by atoms with Crippen molar-refractivity contribution in [3.05, 3.63) is 36.9 Å². The van der Waals surface area contributed by atoms with Crippen molar-refractivity contribution in [3.8, 4) is 0 Å². The molecule has 0 amide bonds. The molecule has 10 heteroatoms. The van der Waals surface area contributed by atoms with Crippen molar-refractivity contribution >= 4 is 15.5 Å². The molecule has 0 aliphatic heterocycles. The fraction of sp³-hybridized carbons (Fsp3) is 0.385. The highest BCUT2D eigenvalue weighted by molar-refractivity contribution is 7.92. The second-order valence-corrected chi connectivity index (χ2v) is 6.96. The van der Waals surface area contributed by atoms with Crippen molar-refractivity contribution in [2.75, 3.05) is 5.32 Å². The standard InChI is InChI=1S/C13H15F3N4O2S/c1-9(10(2)20-8-17-7-18-20)19-11-3-5-12(6-4-11)23(21,22)13(14,15)16/h3-10,19H,1-2H3/t9-,10-/m0/s1. The van der Waals surface area contributed by atoms with E-state index in [1.165, 1.54) is 18.5 Å². The maximum absolute atomic E-state index is 12.5. The molecule has 0 radical (unpaired) electrons. The van der Waals surface area contributed by atoms with Gasteiger partial charge in [-0.2, -0.15) is 18.3 Å². The van der Waals surface area contributed by atoms with Gasteiger partial charge in [-0.1, -0.05) is 0 Å². The molecule has 1 N–H and O–H groups in total. The highest BCUT2D eigenvalue weighted by Crippen LogP contribution is 2.30. The Bertz CT molecular complexity index is 743. The maximum atomic E-state index is 12.5. The van der Waals surface area contributed by atoms with Crippen molar-refractivity contribution in [3.63, 3.8) is 0 Å². The molecule has 2 atom stereocenters. The van der Waals surface area contributed by atoms with E-state index in [9.17, 15) is 21.6 Å². The summed E-state index contributed by atoms with van der Waals surface area (Å²) in [6.45, 7) is 3.77. The third-order valence-electron chi connectivity index (χ3n) is 3.44. The van der Waals surface area contributed by atoms with E-state index in [1.807, 2.05) is 13.8 Å². The van der Waals surface area contributed by atoms with Crippen LogP contribution in [0.1, 0.15) is 19.9 Å². The molecule has 2 aromatic rings. The minimum absolute atomic E-state index is 0.0592. The largest absolute Gasteiger partial charge is 0.501 e. The van der Waals surface area contributed by atoms with E-state index >= 15 is 0 Å². The molecule has 6 nitrogen and oxygen atoms in total. The summed E-state index contributed by atoms with van der Waals surface area (Å²) in [6.07, 6.45) is 2.96. The summed E-state index contributed by atoms with van der Waals surface area (Å²) in [6, 6.07) is 4.28. The Morgan fingerprint density at radius 1 is 1.17 bits per heavy atom. The number of benzene rings is 1. The first kappa shape index (κ1) is 17.3. The highest BCUT2D eigenvalue weighted by atomic mass is 32.2. The molecular formula is C13H15F3N4O2S. The summed E-state index contributed by atoms with van der Waals surface area (Å²) >= 11 is 0. The molecule has 2 rings (SSSR count). The number of hydrogen-bond acceptors (Lipinski definition) is 5. The lowest BCUT2D eigenvalue weighted by Crippen LogP contribution is -2.27.